The number of nitrogens with zero attached hydrogens (tertiary/aromatic N) is 2. The van der Waals surface area contributed by atoms with Gasteiger partial charge in [-0.2, -0.15) is 13.2 Å². The van der Waals surface area contributed by atoms with E-state index in [1.54, 1.807) is 4.57 Å². The van der Waals surface area contributed by atoms with Crippen LogP contribution in [0.2, 0.25) is 0 Å². The number of anilines is 1. The molecule has 138 valence electrons. The summed E-state index contributed by atoms with van der Waals surface area (Å²) < 4.78 is 53.5. The topological polar surface area (TPSA) is 76.0 Å². The van der Waals surface area contributed by atoms with Gasteiger partial charge in [0.25, 0.3) is 5.91 Å². The summed E-state index contributed by atoms with van der Waals surface area (Å²) in [5, 5.41) is 5.01. The van der Waals surface area contributed by atoms with E-state index in [9.17, 15) is 27.2 Å². The van der Waals surface area contributed by atoms with E-state index in [4.69, 9.17) is 0 Å². The number of hydrogen-bond donors (Lipinski definition) is 2. The molecule has 1 aliphatic heterocycles. The fourth-order valence-corrected chi connectivity index (χ4v) is 2.72. The first-order valence-electron chi connectivity index (χ1n) is 7.73. The second kappa shape index (κ2) is 6.43. The summed E-state index contributed by atoms with van der Waals surface area (Å²) in [6, 6.07) is 1.61. The molecule has 0 unspecified atom stereocenters. The SMILES string of the molecule is CCc1nc(NC(=O)c2cc(F)cc(C(F)(F)F)c2)c2n1CC(=O)NC2. The van der Waals surface area contributed by atoms with Gasteiger partial charge in [-0.3, -0.25) is 9.59 Å². The predicted octanol–water partition coefficient (Wildman–Crippen LogP) is 2.49. The van der Waals surface area contributed by atoms with Gasteiger partial charge in [0, 0.05) is 12.0 Å². The van der Waals surface area contributed by atoms with Crippen LogP contribution in [0, 0.1) is 5.82 Å². The van der Waals surface area contributed by atoms with Gasteiger partial charge in [0.15, 0.2) is 5.82 Å². The molecule has 0 radical (unpaired) electrons. The third kappa shape index (κ3) is 3.39. The van der Waals surface area contributed by atoms with Crippen LogP contribution in [0.15, 0.2) is 18.2 Å². The summed E-state index contributed by atoms with van der Waals surface area (Å²) >= 11 is 0. The maximum atomic E-state index is 13.5. The van der Waals surface area contributed by atoms with Crippen molar-refractivity contribution in [1.82, 2.24) is 14.9 Å². The largest absolute Gasteiger partial charge is 0.416 e. The van der Waals surface area contributed by atoms with E-state index in [0.29, 0.717) is 30.1 Å². The zero-order chi connectivity index (χ0) is 19.1. The lowest BCUT2D eigenvalue weighted by Crippen LogP contribution is -2.35. The van der Waals surface area contributed by atoms with Crippen molar-refractivity contribution in [3.8, 4) is 0 Å². The standard InChI is InChI=1S/C16H14F4N4O2/c1-2-12-22-14(11-6-21-13(25)7-24(11)12)23-15(26)8-3-9(16(18,19)20)5-10(17)4-8/h3-5H,2,6-7H2,1H3,(H,21,25)(H,23,26). The maximum absolute atomic E-state index is 13.5. The molecule has 0 fully saturated rings. The van der Waals surface area contributed by atoms with E-state index in [2.05, 4.69) is 15.6 Å². The van der Waals surface area contributed by atoms with Gasteiger partial charge in [-0.1, -0.05) is 6.92 Å². The Kier molecular flexibility index (Phi) is 4.43. The minimum absolute atomic E-state index is 0.0412. The van der Waals surface area contributed by atoms with Crippen molar-refractivity contribution in [2.45, 2.75) is 32.6 Å². The van der Waals surface area contributed by atoms with Gasteiger partial charge in [-0.05, 0) is 18.2 Å². The van der Waals surface area contributed by atoms with Gasteiger partial charge in [0.2, 0.25) is 5.91 Å². The third-order valence-corrected chi connectivity index (χ3v) is 3.94. The Balaban J connectivity index is 1.92. The van der Waals surface area contributed by atoms with Crippen LogP contribution in [-0.4, -0.2) is 21.4 Å². The van der Waals surface area contributed by atoms with Crippen LogP contribution in [-0.2, 0) is 30.5 Å². The average molecular weight is 370 g/mol. The summed E-state index contributed by atoms with van der Waals surface area (Å²) in [4.78, 5) is 28.1. The second-order valence-electron chi connectivity index (χ2n) is 5.72. The quantitative estimate of drug-likeness (QED) is 0.815. The lowest BCUT2D eigenvalue weighted by molar-refractivity contribution is -0.137. The van der Waals surface area contributed by atoms with Crippen LogP contribution >= 0.6 is 0 Å². The number of benzene rings is 1. The number of carbonyl (C=O) groups excluding carboxylic acids is 2. The van der Waals surface area contributed by atoms with Gasteiger partial charge in [-0.25, -0.2) is 9.37 Å². The molecule has 1 aromatic carbocycles. The zero-order valence-electron chi connectivity index (χ0n) is 13.6. The number of imidazole rings is 1. The Morgan fingerprint density at radius 1 is 1.35 bits per heavy atom. The fourth-order valence-electron chi connectivity index (χ4n) is 2.72. The van der Waals surface area contributed by atoms with Crippen molar-refractivity contribution in [3.63, 3.8) is 0 Å². The molecule has 2 aromatic rings. The van der Waals surface area contributed by atoms with Crippen molar-refractivity contribution >= 4 is 17.6 Å². The van der Waals surface area contributed by atoms with Gasteiger partial charge in [-0.15, -0.1) is 0 Å². The highest BCUT2D eigenvalue weighted by molar-refractivity contribution is 6.04. The molecule has 0 spiro atoms. The minimum Gasteiger partial charge on any atom is -0.349 e. The first kappa shape index (κ1) is 17.9. The maximum Gasteiger partial charge on any atom is 0.416 e. The molecular formula is C16H14F4N4O2. The summed E-state index contributed by atoms with van der Waals surface area (Å²) in [6.07, 6.45) is -4.28. The summed E-state index contributed by atoms with van der Waals surface area (Å²) in [5.74, 6) is -1.61. The van der Waals surface area contributed by atoms with Crippen LogP contribution in [0.1, 0.15) is 34.4 Å². The number of nitrogens with one attached hydrogen (secondary N) is 2. The number of rotatable bonds is 3. The van der Waals surface area contributed by atoms with Crippen LogP contribution in [0.25, 0.3) is 0 Å². The van der Waals surface area contributed by atoms with Gasteiger partial charge in [0.05, 0.1) is 17.8 Å². The van der Waals surface area contributed by atoms with Crippen molar-refractivity contribution in [3.05, 3.63) is 46.7 Å². The number of alkyl halides is 3. The van der Waals surface area contributed by atoms with E-state index in [1.807, 2.05) is 6.92 Å². The fraction of sp³-hybridized carbons (Fsp3) is 0.312. The Labute approximate surface area is 145 Å². The Morgan fingerprint density at radius 3 is 2.73 bits per heavy atom. The van der Waals surface area contributed by atoms with Gasteiger partial charge >= 0.3 is 6.18 Å². The smallest absolute Gasteiger partial charge is 0.349 e. The monoisotopic (exact) mass is 370 g/mol. The first-order chi connectivity index (χ1) is 12.2. The Hall–Kier alpha value is -2.91. The van der Waals surface area contributed by atoms with Gasteiger partial charge < -0.3 is 15.2 Å². The van der Waals surface area contributed by atoms with Crippen LogP contribution in [0.5, 0.6) is 0 Å². The number of carbonyl (C=O) groups is 2. The number of aromatic nitrogens is 2. The summed E-state index contributed by atoms with van der Waals surface area (Å²) in [5.41, 5.74) is -1.20. The second-order valence-corrected chi connectivity index (χ2v) is 5.72. The first-order valence-corrected chi connectivity index (χ1v) is 7.73. The average Bonchev–Trinajstić information content (AvgIpc) is 2.90. The van der Waals surface area contributed by atoms with Crippen molar-refractivity contribution in [2.24, 2.45) is 0 Å². The number of halogens is 4. The molecular weight excluding hydrogens is 356 g/mol. The lowest BCUT2D eigenvalue weighted by Gasteiger charge is -2.18. The molecule has 26 heavy (non-hydrogen) atoms. The molecule has 10 heteroatoms. The summed E-state index contributed by atoms with van der Waals surface area (Å²) in [7, 11) is 0. The van der Waals surface area contributed by atoms with Crippen LogP contribution < -0.4 is 10.6 Å². The molecule has 2 amide bonds. The third-order valence-electron chi connectivity index (χ3n) is 3.94. The van der Waals surface area contributed by atoms with E-state index in [-0.39, 0.29) is 24.8 Å². The lowest BCUT2D eigenvalue weighted by atomic mass is 10.1. The number of hydrogen-bond acceptors (Lipinski definition) is 3. The van der Waals surface area contributed by atoms with Crippen LogP contribution in [0.4, 0.5) is 23.4 Å². The van der Waals surface area contributed by atoms with Crippen molar-refractivity contribution in [1.29, 1.82) is 0 Å². The summed E-state index contributed by atoms with van der Waals surface area (Å²) in [6.45, 7) is 1.98. The van der Waals surface area contributed by atoms with Gasteiger partial charge in [0.1, 0.15) is 18.2 Å². The number of aryl methyl sites for hydroxylation is 1. The molecule has 1 aromatic heterocycles. The van der Waals surface area contributed by atoms with Crippen molar-refractivity contribution < 1.29 is 27.2 Å². The predicted molar refractivity (Wildman–Crippen MR) is 82.8 cm³/mol. The van der Waals surface area contributed by atoms with Crippen molar-refractivity contribution in [2.75, 3.05) is 5.32 Å². The molecule has 0 bridgehead atoms. The molecule has 2 N–H and O–H groups in total. The molecule has 0 saturated carbocycles. The minimum atomic E-state index is -4.77. The highest BCUT2D eigenvalue weighted by Gasteiger charge is 2.32. The van der Waals surface area contributed by atoms with E-state index in [0.717, 1.165) is 6.07 Å². The molecule has 0 atom stereocenters. The Bertz CT molecular complexity index is 889. The highest BCUT2D eigenvalue weighted by Crippen LogP contribution is 2.30. The molecule has 0 aliphatic carbocycles. The number of fused-ring (bicyclic) bond motifs is 1. The normalized spacial score (nSPS) is 14.0. The van der Waals surface area contributed by atoms with E-state index in [1.165, 1.54) is 0 Å². The van der Waals surface area contributed by atoms with E-state index >= 15 is 0 Å². The highest BCUT2D eigenvalue weighted by atomic mass is 19.4. The molecule has 6 nitrogen and oxygen atoms in total. The van der Waals surface area contributed by atoms with Crippen LogP contribution in [0.3, 0.4) is 0 Å². The molecule has 1 aliphatic rings. The Morgan fingerprint density at radius 2 is 2.08 bits per heavy atom. The molecule has 0 saturated heterocycles. The number of amides is 2. The van der Waals surface area contributed by atoms with E-state index < -0.39 is 29.0 Å². The molecule has 2 heterocycles. The molecule has 3 rings (SSSR count). The zero-order valence-corrected chi connectivity index (χ0v) is 13.6.